The van der Waals surface area contributed by atoms with Gasteiger partial charge in [-0.3, -0.25) is 14.8 Å². The molecule has 0 atom stereocenters. The molecule has 0 spiro atoms. The molecular weight excluding hydrogens is 346 g/mol. The minimum atomic E-state index is -0.537. The Hall–Kier alpha value is -2.90. The number of hydrazine groups is 1. The molecule has 0 bridgehead atoms. The van der Waals surface area contributed by atoms with E-state index in [1.807, 2.05) is 48.5 Å². The maximum absolute atomic E-state index is 12.1. The number of unbranched alkanes of at least 4 members (excludes halogenated alkanes) is 2. The van der Waals surface area contributed by atoms with Gasteiger partial charge in [0.25, 0.3) is 5.91 Å². The summed E-state index contributed by atoms with van der Waals surface area (Å²) in [6.07, 6.45) is 3.84. The van der Waals surface area contributed by atoms with Crippen LogP contribution in [0.15, 0.2) is 54.1 Å². The van der Waals surface area contributed by atoms with Gasteiger partial charge in [0, 0.05) is 18.9 Å². The molecule has 0 radical (unpaired) electrons. The number of nitrogens with two attached hydrogens (primary N) is 1. The highest BCUT2D eigenvalue weighted by Gasteiger charge is 2.10. The van der Waals surface area contributed by atoms with Gasteiger partial charge in [-0.05, 0) is 30.7 Å². The second-order valence-electron chi connectivity index (χ2n) is 6.06. The molecule has 2 aromatic carbocycles. The van der Waals surface area contributed by atoms with E-state index in [4.69, 9.17) is 15.8 Å². The summed E-state index contributed by atoms with van der Waals surface area (Å²) in [5.74, 6) is 4.93. The van der Waals surface area contributed by atoms with Gasteiger partial charge in [0.15, 0.2) is 0 Å². The smallest absolute Gasteiger partial charge is 0.260 e. The first-order chi connectivity index (χ1) is 13.0. The quantitative estimate of drug-likeness (QED) is 0.157. The molecule has 0 fully saturated rings. The largest absolute Gasteiger partial charge is 0.488 e. The van der Waals surface area contributed by atoms with Crippen LogP contribution < -0.4 is 15.9 Å². The number of nitrogens with one attached hydrogen (secondary N) is 1. The Balaban J connectivity index is 1.96. The van der Waals surface area contributed by atoms with Gasteiger partial charge in [-0.25, -0.2) is 5.84 Å². The van der Waals surface area contributed by atoms with Crippen LogP contribution in [0.3, 0.4) is 0 Å². The topological polar surface area (TPSA) is 105 Å². The average molecular weight is 371 g/mol. The Kier molecular flexibility index (Phi) is 7.79. The highest BCUT2D eigenvalue weighted by molar-refractivity contribution is 5.93. The van der Waals surface area contributed by atoms with Crippen LogP contribution in [0.4, 0.5) is 0 Å². The lowest BCUT2D eigenvalue weighted by molar-refractivity contribution is -0.166. The summed E-state index contributed by atoms with van der Waals surface area (Å²) >= 11 is 0. The fourth-order valence-corrected chi connectivity index (χ4v) is 2.67. The zero-order chi connectivity index (χ0) is 19.6. The fourth-order valence-electron chi connectivity index (χ4n) is 2.67. The molecule has 0 aliphatic rings. The monoisotopic (exact) mass is 371 g/mol. The van der Waals surface area contributed by atoms with E-state index < -0.39 is 5.91 Å². The van der Waals surface area contributed by atoms with Crippen LogP contribution in [0.2, 0.25) is 0 Å². The molecule has 0 aliphatic heterocycles. The SMILES string of the molecule is CNC(=O)/C(=C/CCCCC(=O)N(N)O)COc1cccc2ccccc12. The third-order valence-electron chi connectivity index (χ3n) is 4.14. The molecule has 0 heterocycles. The van der Waals surface area contributed by atoms with Gasteiger partial charge in [0.1, 0.15) is 12.4 Å². The third-order valence-corrected chi connectivity index (χ3v) is 4.14. The summed E-state index contributed by atoms with van der Waals surface area (Å²) in [4.78, 5) is 23.3. The molecule has 144 valence electrons. The van der Waals surface area contributed by atoms with Crippen molar-refractivity contribution in [2.45, 2.75) is 25.7 Å². The maximum Gasteiger partial charge on any atom is 0.260 e. The maximum atomic E-state index is 12.1. The highest BCUT2D eigenvalue weighted by atomic mass is 16.5. The molecule has 4 N–H and O–H groups in total. The average Bonchev–Trinajstić information content (AvgIpc) is 2.69. The van der Waals surface area contributed by atoms with Crippen LogP contribution >= 0.6 is 0 Å². The Morgan fingerprint density at radius 3 is 2.67 bits per heavy atom. The Morgan fingerprint density at radius 2 is 1.93 bits per heavy atom. The number of fused-ring (bicyclic) bond motifs is 1. The molecule has 27 heavy (non-hydrogen) atoms. The van der Waals surface area contributed by atoms with E-state index in [1.165, 1.54) is 0 Å². The standard InChI is InChI=1S/C20H25N3O4/c1-22-20(25)16(9-3-2-4-13-19(24)23(21)26)14-27-18-12-7-10-15-8-5-6-11-17(15)18/h5-12,26H,2-4,13-14,21H2,1H3,(H,22,25)/b16-9+. The van der Waals surface area contributed by atoms with E-state index in [0.29, 0.717) is 24.8 Å². The normalized spacial score (nSPS) is 11.3. The van der Waals surface area contributed by atoms with Crippen molar-refractivity contribution in [2.24, 2.45) is 5.84 Å². The van der Waals surface area contributed by atoms with Crippen LogP contribution in [-0.4, -0.2) is 35.8 Å². The van der Waals surface area contributed by atoms with Crippen molar-refractivity contribution < 1.29 is 19.5 Å². The van der Waals surface area contributed by atoms with Crippen molar-refractivity contribution in [3.05, 3.63) is 54.1 Å². The van der Waals surface area contributed by atoms with E-state index in [0.717, 1.165) is 16.5 Å². The highest BCUT2D eigenvalue weighted by Crippen LogP contribution is 2.25. The van der Waals surface area contributed by atoms with Gasteiger partial charge in [-0.1, -0.05) is 42.5 Å². The van der Waals surface area contributed by atoms with Gasteiger partial charge in [0.2, 0.25) is 5.91 Å². The minimum Gasteiger partial charge on any atom is -0.488 e. The first-order valence-electron chi connectivity index (χ1n) is 8.81. The van der Waals surface area contributed by atoms with Gasteiger partial charge in [-0.15, -0.1) is 0 Å². The number of carbonyl (C=O) groups excluding carboxylic acids is 2. The van der Waals surface area contributed by atoms with E-state index in [-0.39, 0.29) is 24.1 Å². The first-order valence-corrected chi connectivity index (χ1v) is 8.81. The van der Waals surface area contributed by atoms with Crippen molar-refractivity contribution in [1.82, 2.24) is 10.5 Å². The van der Waals surface area contributed by atoms with Crippen molar-refractivity contribution in [1.29, 1.82) is 0 Å². The number of hydrogen-bond donors (Lipinski definition) is 3. The van der Waals surface area contributed by atoms with E-state index in [1.54, 1.807) is 7.05 Å². The number of nitrogens with zero attached hydrogens (tertiary/aromatic N) is 1. The predicted molar refractivity (Wildman–Crippen MR) is 103 cm³/mol. The summed E-state index contributed by atoms with van der Waals surface area (Å²) in [5.41, 5.74) is 0.527. The molecule has 2 aromatic rings. The van der Waals surface area contributed by atoms with Gasteiger partial charge >= 0.3 is 0 Å². The van der Waals surface area contributed by atoms with Crippen molar-refractivity contribution >= 4 is 22.6 Å². The number of hydroxylamine groups is 1. The fraction of sp³-hybridized carbons (Fsp3) is 0.300. The van der Waals surface area contributed by atoms with Crippen LogP contribution in [0.5, 0.6) is 5.75 Å². The van der Waals surface area contributed by atoms with Gasteiger partial charge in [-0.2, -0.15) is 5.17 Å². The van der Waals surface area contributed by atoms with Crippen LogP contribution in [0.25, 0.3) is 10.8 Å². The lowest BCUT2D eigenvalue weighted by atomic mass is 10.1. The summed E-state index contributed by atoms with van der Waals surface area (Å²) in [6, 6.07) is 13.7. The number of hydrogen-bond acceptors (Lipinski definition) is 5. The van der Waals surface area contributed by atoms with E-state index in [2.05, 4.69) is 5.32 Å². The van der Waals surface area contributed by atoms with E-state index in [9.17, 15) is 9.59 Å². The number of rotatable bonds is 9. The van der Waals surface area contributed by atoms with E-state index >= 15 is 0 Å². The third kappa shape index (κ3) is 6.09. The molecule has 2 rings (SSSR count). The molecule has 7 heteroatoms. The summed E-state index contributed by atoms with van der Waals surface area (Å²) in [6.45, 7) is 0.153. The molecule has 0 unspecified atom stereocenters. The number of ether oxygens (including phenoxy) is 1. The van der Waals surface area contributed by atoms with Crippen molar-refractivity contribution in [3.63, 3.8) is 0 Å². The molecule has 0 aromatic heterocycles. The zero-order valence-electron chi connectivity index (χ0n) is 15.4. The van der Waals surface area contributed by atoms with Crippen molar-refractivity contribution in [3.8, 4) is 5.75 Å². The van der Waals surface area contributed by atoms with Gasteiger partial charge < -0.3 is 10.1 Å². The number of amides is 2. The number of allylic oxidation sites excluding steroid dienone is 1. The Morgan fingerprint density at radius 1 is 1.19 bits per heavy atom. The molecular formula is C20H25N3O4. The van der Waals surface area contributed by atoms with Crippen LogP contribution in [0, 0.1) is 0 Å². The molecule has 0 aliphatic carbocycles. The lowest BCUT2D eigenvalue weighted by Gasteiger charge is -2.11. The number of likely N-dealkylation sites (N-methyl/N-ethyl adjacent to an activating group) is 1. The lowest BCUT2D eigenvalue weighted by Crippen LogP contribution is -2.33. The molecule has 7 nitrogen and oxygen atoms in total. The van der Waals surface area contributed by atoms with Gasteiger partial charge in [0.05, 0.1) is 5.57 Å². The number of carbonyl (C=O) groups is 2. The second-order valence-corrected chi connectivity index (χ2v) is 6.06. The summed E-state index contributed by atoms with van der Waals surface area (Å²) in [7, 11) is 1.57. The van der Waals surface area contributed by atoms with Crippen molar-refractivity contribution in [2.75, 3.05) is 13.7 Å². The summed E-state index contributed by atoms with van der Waals surface area (Å²) in [5, 5.41) is 13.6. The summed E-state index contributed by atoms with van der Waals surface area (Å²) < 4.78 is 5.89. The Bertz CT molecular complexity index is 812. The second kappa shape index (κ2) is 10.3. The zero-order valence-corrected chi connectivity index (χ0v) is 15.4. The first kappa shape index (κ1) is 20.4. The molecule has 0 saturated heterocycles. The molecule has 0 saturated carbocycles. The number of benzene rings is 2. The molecule has 2 amide bonds. The van der Waals surface area contributed by atoms with Crippen LogP contribution in [0.1, 0.15) is 25.7 Å². The predicted octanol–water partition coefficient (Wildman–Crippen LogP) is 2.54. The Labute approximate surface area is 158 Å². The van der Waals surface area contributed by atoms with Crippen LogP contribution in [-0.2, 0) is 9.59 Å². The minimum absolute atomic E-state index is 0.101.